The summed E-state index contributed by atoms with van der Waals surface area (Å²) in [6.45, 7) is 8.40. The van der Waals surface area contributed by atoms with E-state index in [1.54, 1.807) is 0 Å². The number of nitrogens with two attached hydrogens (primary N) is 1. The summed E-state index contributed by atoms with van der Waals surface area (Å²) in [5, 5.41) is 0. The summed E-state index contributed by atoms with van der Waals surface area (Å²) in [4.78, 5) is 14.3. The lowest BCUT2D eigenvalue weighted by Crippen LogP contribution is -2.29. The summed E-state index contributed by atoms with van der Waals surface area (Å²) in [5.74, 6) is 0.147. The van der Waals surface area contributed by atoms with E-state index >= 15 is 0 Å². The first kappa shape index (κ1) is 15.2. The van der Waals surface area contributed by atoms with E-state index in [2.05, 4.69) is 34.7 Å². The Morgan fingerprint density at radius 2 is 1.89 bits per heavy atom. The molecule has 0 radical (unpaired) electrons. The molecule has 0 fully saturated rings. The number of aryl methyl sites for hydroxylation is 1. The minimum atomic E-state index is 0.147. The topological polar surface area (TPSA) is 46.3 Å². The first-order valence-electron chi connectivity index (χ1n) is 6.36. The molecule has 1 rings (SSSR count). The number of benzene rings is 1. The highest BCUT2D eigenvalue weighted by Gasteiger charge is 2.13. The average molecular weight is 313 g/mol. The van der Waals surface area contributed by atoms with Gasteiger partial charge in [-0.3, -0.25) is 9.69 Å². The Morgan fingerprint density at radius 3 is 2.39 bits per heavy atom. The highest BCUT2D eigenvalue weighted by Crippen LogP contribution is 2.26. The molecule has 0 aliphatic heterocycles. The van der Waals surface area contributed by atoms with Crippen LogP contribution < -0.4 is 5.73 Å². The summed E-state index contributed by atoms with van der Waals surface area (Å²) < 4.78 is 0.810. The van der Waals surface area contributed by atoms with Gasteiger partial charge in [-0.15, -0.1) is 0 Å². The third-order valence-electron chi connectivity index (χ3n) is 3.18. The molecule has 0 aromatic heterocycles. The number of rotatable bonds is 6. The van der Waals surface area contributed by atoms with Gasteiger partial charge in [-0.05, 0) is 53.1 Å². The molecular formula is C14H21BrN2O. The Morgan fingerprint density at radius 1 is 1.28 bits per heavy atom. The zero-order valence-electron chi connectivity index (χ0n) is 11.3. The van der Waals surface area contributed by atoms with Crippen molar-refractivity contribution in [1.82, 2.24) is 4.90 Å². The number of anilines is 1. The maximum Gasteiger partial charge on any atom is 0.176 e. The Bertz CT molecular complexity index is 428. The normalized spacial score (nSPS) is 10.9. The van der Waals surface area contributed by atoms with Gasteiger partial charge < -0.3 is 5.73 Å². The van der Waals surface area contributed by atoms with E-state index in [4.69, 9.17) is 5.73 Å². The van der Waals surface area contributed by atoms with E-state index in [0.717, 1.165) is 40.8 Å². The summed E-state index contributed by atoms with van der Waals surface area (Å²) in [7, 11) is 0. The number of ketones is 1. The van der Waals surface area contributed by atoms with E-state index in [-0.39, 0.29) is 5.78 Å². The number of nitrogens with zero attached hydrogens (tertiary/aromatic N) is 1. The van der Waals surface area contributed by atoms with E-state index in [1.807, 2.05) is 19.1 Å². The summed E-state index contributed by atoms with van der Waals surface area (Å²) >= 11 is 3.42. The Kier molecular flexibility index (Phi) is 5.82. The van der Waals surface area contributed by atoms with Crippen molar-refractivity contribution < 1.29 is 4.79 Å². The maximum atomic E-state index is 12.2. The van der Waals surface area contributed by atoms with Crippen molar-refractivity contribution in [2.24, 2.45) is 0 Å². The smallest absolute Gasteiger partial charge is 0.176 e. The van der Waals surface area contributed by atoms with Crippen LogP contribution in [0.2, 0.25) is 0 Å². The minimum absolute atomic E-state index is 0.147. The SMILES string of the molecule is CCc1cc(C(=O)CN(CC)CC)cc(Br)c1N. The lowest BCUT2D eigenvalue weighted by atomic mass is 10.0. The van der Waals surface area contributed by atoms with Crippen molar-refractivity contribution in [3.8, 4) is 0 Å². The van der Waals surface area contributed by atoms with Gasteiger partial charge in [0.1, 0.15) is 0 Å². The molecule has 1 aromatic rings. The largest absolute Gasteiger partial charge is 0.398 e. The maximum absolute atomic E-state index is 12.2. The highest BCUT2D eigenvalue weighted by atomic mass is 79.9. The molecule has 4 heteroatoms. The first-order valence-corrected chi connectivity index (χ1v) is 7.16. The molecule has 1 aromatic carbocycles. The Balaban J connectivity index is 2.96. The van der Waals surface area contributed by atoms with Crippen LogP contribution in [0.15, 0.2) is 16.6 Å². The zero-order chi connectivity index (χ0) is 13.7. The molecule has 0 aliphatic rings. The second-order valence-corrected chi connectivity index (χ2v) is 5.12. The van der Waals surface area contributed by atoms with Gasteiger partial charge in [-0.2, -0.15) is 0 Å². The predicted molar refractivity (Wildman–Crippen MR) is 80.1 cm³/mol. The molecule has 0 saturated heterocycles. The molecule has 0 bridgehead atoms. The van der Waals surface area contributed by atoms with E-state index in [9.17, 15) is 4.79 Å². The second kappa shape index (κ2) is 6.90. The van der Waals surface area contributed by atoms with Crippen molar-refractivity contribution in [2.75, 3.05) is 25.4 Å². The number of hydrogen-bond acceptors (Lipinski definition) is 3. The van der Waals surface area contributed by atoms with Crippen LogP contribution in [0.5, 0.6) is 0 Å². The van der Waals surface area contributed by atoms with Crippen molar-refractivity contribution >= 4 is 27.4 Å². The molecule has 18 heavy (non-hydrogen) atoms. The first-order chi connectivity index (χ1) is 8.53. The van der Waals surface area contributed by atoms with Gasteiger partial charge >= 0.3 is 0 Å². The van der Waals surface area contributed by atoms with Crippen LogP contribution in [0.4, 0.5) is 5.69 Å². The molecule has 0 unspecified atom stereocenters. The van der Waals surface area contributed by atoms with Crippen molar-refractivity contribution in [1.29, 1.82) is 0 Å². The number of nitrogen functional groups attached to an aromatic ring is 1. The van der Waals surface area contributed by atoms with Gasteiger partial charge in [0.25, 0.3) is 0 Å². The molecule has 0 aliphatic carbocycles. The van der Waals surface area contributed by atoms with E-state index < -0.39 is 0 Å². The number of Topliss-reactive ketones (excluding diaryl/α,β-unsaturated/α-hetero) is 1. The molecule has 0 saturated carbocycles. The summed E-state index contributed by atoms with van der Waals surface area (Å²) in [5.41, 5.74) is 8.44. The fraction of sp³-hybridized carbons (Fsp3) is 0.500. The van der Waals surface area contributed by atoms with Gasteiger partial charge in [0.15, 0.2) is 5.78 Å². The standard InChI is InChI=1S/C14H21BrN2O/c1-4-10-7-11(8-12(15)14(10)16)13(18)9-17(5-2)6-3/h7-8H,4-6,9,16H2,1-3H3. The van der Waals surface area contributed by atoms with Crippen LogP contribution in [0.3, 0.4) is 0 Å². The zero-order valence-corrected chi connectivity index (χ0v) is 12.9. The monoisotopic (exact) mass is 312 g/mol. The lowest BCUT2D eigenvalue weighted by Gasteiger charge is -2.17. The van der Waals surface area contributed by atoms with Crippen LogP contribution in [0.25, 0.3) is 0 Å². The number of likely N-dealkylation sites (N-methyl/N-ethyl adjacent to an activating group) is 1. The number of hydrogen-bond donors (Lipinski definition) is 1. The van der Waals surface area contributed by atoms with Crippen molar-refractivity contribution in [2.45, 2.75) is 27.2 Å². The van der Waals surface area contributed by atoms with Crippen molar-refractivity contribution in [3.05, 3.63) is 27.7 Å². The van der Waals surface area contributed by atoms with Gasteiger partial charge in [0, 0.05) is 15.7 Å². The van der Waals surface area contributed by atoms with E-state index in [0.29, 0.717) is 6.54 Å². The molecule has 2 N–H and O–H groups in total. The molecule has 0 heterocycles. The minimum Gasteiger partial charge on any atom is -0.398 e. The quantitative estimate of drug-likeness (QED) is 0.648. The van der Waals surface area contributed by atoms with Gasteiger partial charge in [0.2, 0.25) is 0 Å². The number of carbonyl (C=O) groups excluding carboxylic acids is 1. The summed E-state index contributed by atoms with van der Waals surface area (Å²) in [6.07, 6.45) is 0.830. The predicted octanol–water partition coefficient (Wildman–Crippen LogP) is 3.12. The lowest BCUT2D eigenvalue weighted by molar-refractivity contribution is 0.0937. The molecule has 0 amide bonds. The average Bonchev–Trinajstić information content (AvgIpc) is 2.38. The van der Waals surface area contributed by atoms with Gasteiger partial charge in [-0.25, -0.2) is 0 Å². The van der Waals surface area contributed by atoms with E-state index in [1.165, 1.54) is 0 Å². The summed E-state index contributed by atoms with van der Waals surface area (Å²) in [6, 6.07) is 3.73. The molecule has 100 valence electrons. The van der Waals surface area contributed by atoms with Crippen LogP contribution in [-0.4, -0.2) is 30.3 Å². The molecular weight excluding hydrogens is 292 g/mol. The highest BCUT2D eigenvalue weighted by molar-refractivity contribution is 9.10. The van der Waals surface area contributed by atoms with Crippen LogP contribution in [0, 0.1) is 0 Å². The molecule has 0 spiro atoms. The van der Waals surface area contributed by atoms with Crippen LogP contribution in [0.1, 0.15) is 36.7 Å². The van der Waals surface area contributed by atoms with Gasteiger partial charge in [0.05, 0.1) is 6.54 Å². The van der Waals surface area contributed by atoms with Crippen LogP contribution in [-0.2, 0) is 6.42 Å². The second-order valence-electron chi connectivity index (χ2n) is 4.27. The third kappa shape index (κ3) is 3.56. The number of halogens is 1. The Hall–Kier alpha value is -0.870. The molecule has 0 atom stereocenters. The van der Waals surface area contributed by atoms with Crippen molar-refractivity contribution in [3.63, 3.8) is 0 Å². The molecule has 3 nitrogen and oxygen atoms in total. The third-order valence-corrected chi connectivity index (χ3v) is 3.84. The fourth-order valence-electron chi connectivity index (χ4n) is 1.87. The van der Waals surface area contributed by atoms with Gasteiger partial charge in [-0.1, -0.05) is 20.8 Å². The van der Waals surface area contributed by atoms with Crippen LogP contribution >= 0.6 is 15.9 Å². The fourth-order valence-corrected chi connectivity index (χ4v) is 2.37. The number of carbonyl (C=O) groups is 1. The Labute approximate surface area is 117 Å².